The fraction of sp³-hybridized carbons (Fsp3) is 0.130. The molecule has 0 fully saturated rings. The maximum Gasteiger partial charge on any atom is 0.248 e. The molecule has 0 saturated carbocycles. The number of amides is 1. The minimum atomic E-state index is -0.680. The second kappa shape index (κ2) is 9.47. The van der Waals surface area contributed by atoms with Gasteiger partial charge in [-0.1, -0.05) is 29.8 Å². The Hall–Kier alpha value is -3.93. The highest BCUT2D eigenvalue weighted by Gasteiger charge is 2.29. The van der Waals surface area contributed by atoms with Crippen LogP contribution >= 0.6 is 11.6 Å². The van der Waals surface area contributed by atoms with Gasteiger partial charge in [0.2, 0.25) is 17.7 Å². The Morgan fingerprint density at radius 3 is 2.62 bits per heavy atom. The van der Waals surface area contributed by atoms with Gasteiger partial charge in [-0.2, -0.15) is 5.26 Å². The number of ether oxygens (including phenoxy) is 1. The summed E-state index contributed by atoms with van der Waals surface area (Å²) in [7, 11) is 0. The van der Waals surface area contributed by atoms with Crippen LogP contribution in [-0.4, -0.2) is 34.3 Å². The number of halogens is 1. The number of carbonyl (C=O) groups is 1. The highest BCUT2D eigenvalue weighted by atomic mass is 35.5. The Labute approximate surface area is 189 Å². The van der Waals surface area contributed by atoms with Gasteiger partial charge in [0, 0.05) is 16.8 Å². The van der Waals surface area contributed by atoms with Crippen LogP contribution in [0.2, 0.25) is 5.02 Å². The van der Waals surface area contributed by atoms with E-state index in [9.17, 15) is 4.79 Å². The summed E-state index contributed by atoms with van der Waals surface area (Å²) in [4.78, 5) is 22.8. The first-order valence-electron chi connectivity index (χ1n) is 9.80. The third-order valence-electron chi connectivity index (χ3n) is 4.70. The van der Waals surface area contributed by atoms with Gasteiger partial charge < -0.3 is 15.8 Å². The third-order valence-corrected chi connectivity index (χ3v) is 4.95. The molecule has 0 spiro atoms. The topological polar surface area (TPSA) is 117 Å². The lowest BCUT2D eigenvalue weighted by atomic mass is 10.1. The van der Waals surface area contributed by atoms with Crippen molar-refractivity contribution in [3.05, 3.63) is 83.0 Å². The van der Waals surface area contributed by atoms with Crippen molar-refractivity contribution < 1.29 is 9.53 Å². The number of hydrogen-bond acceptors (Lipinski definition) is 7. The van der Waals surface area contributed by atoms with Gasteiger partial charge in [0.15, 0.2) is 0 Å². The van der Waals surface area contributed by atoms with Gasteiger partial charge in [-0.3, -0.25) is 14.7 Å². The number of anilines is 1. The number of nitrogens with two attached hydrogens (primary N) is 1. The molecule has 9 heteroatoms. The van der Waals surface area contributed by atoms with Crippen LogP contribution in [0, 0.1) is 11.3 Å². The molecule has 8 nitrogen and oxygen atoms in total. The fourth-order valence-corrected chi connectivity index (χ4v) is 3.20. The quantitative estimate of drug-likeness (QED) is 0.619. The number of aliphatic imine (C=N–C) groups is 1. The van der Waals surface area contributed by atoms with Crippen LogP contribution < -0.4 is 15.8 Å². The third kappa shape index (κ3) is 5.03. The number of benzene rings is 2. The fourth-order valence-electron chi connectivity index (χ4n) is 3.08. The van der Waals surface area contributed by atoms with E-state index in [-0.39, 0.29) is 18.1 Å². The van der Waals surface area contributed by atoms with Crippen LogP contribution in [0.3, 0.4) is 0 Å². The predicted octanol–water partition coefficient (Wildman–Crippen LogP) is 3.54. The van der Waals surface area contributed by atoms with Crippen LogP contribution in [-0.2, 0) is 11.3 Å². The summed E-state index contributed by atoms with van der Waals surface area (Å²) in [5.41, 5.74) is 7.83. The van der Waals surface area contributed by atoms with Gasteiger partial charge >= 0.3 is 0 Å². The minimum absolute atomic E-state index is 0.208. The Morgan fingerprint density at radius 2 is 1.91 bits per heavy atom. The van der Waals surface area contributed by atoms with Crippen LogP contribution in [0.1, 0.15) is 11.3 Å². The van der Waals surface area contributed by atoms with E-state index in [4.69, 9.17) is 27.3 Å². The molecule has 1 atom stereocenters. The van der Waals surface area contributed by atoms with Gasteiger partial charge in [-0.15, -0.1) is 0 Å². The lowest BCUT2D eigenvalue weighted by Crippen LogP contribution is -2.53. The second-order valence-corrected chi connectivity index (χ2v) is 7.48. The van der Waals surface area contributed by atoms with Gasteiger partial charge in [0.05, 0.1) is 13.1 Å². The summed E-state index contributed by atoms with van der Waals surface area (Å²) in [5, 5.41) is 12.8. The summed E-state index contributed by atoms with van der Waals surface area (Å²) in [5.74, 6) is 1.10. The number of hydrogen-bond donors (Lipinski definition) is 2. The zero-order valence-electron chi connectivity index (χ0n) is 16.9. The maximum absolute atomic E-state index is 12.7. The first-order valence-corrected chi connectivity index (χ1v) is 10.2. The zero-order valence-corrected chi connectivity index (χ0v) is 17.7. The van der Waals surface area contributed by atoms with E-state index in [1.54, 1.807) is 54.6 Å². The molecule has 0 saturated heterocycles. The number of nitrogens with one attached hydrogen (secondary N) is 1. The molecule has 3 N–H and O–H groups in total. The standard InChI is InChI=1S/C23H19ClN6O2/c24-16-6-4-15(5-7-16)14-30-22(31)20(26)13-27-23(30)29-17-8-10-19(11-9-17)32-21-3-1-2-18(12-25)28-21/h1-11,20H,13-14,26H2,(H,27,29). The van der Waals surface area contributed by atoms with Crippen molar-refractivity contribution in [3.63, 3.8) is 0 Å². The van der Waals surface area contributed by atoms with Crippen LogP contribution in [0.4, 0.5) is 5.69 Å². The summed E-state index contributed by atoms with van der Waals surface area (Å²) in [6.45, 7) is 0.526. The summed E-state index contributed by atoms with van der Waals surface area (Å²) >= 11 is 5.96. The average Bonchev–Trinajstić information content (AvgIpc) is 2.81. The molecule has 0 radical (unpaired) electrons. The Morgan fingerprint density at radius 1 is 1.16 bits per heavy atom. The number of nitrogens with zero attached hydrogens (tertiary/aromatic N) is 4. The smallest absolute Gasteiger partial charge is 0.248 e. The van der Waals surface area contributed by atoms with E-state index < -0.39 is 6.04 Å². The molecule has 0 bridgehead atoms. The molecule has 3 aromatic rings. The van der Waals surface area contributed by atoms with E-state index in [1.165, 1.54) is 4.90 Å². The number of guanidine groups is 1. The SMILES string of the molecule is N#Cc1cccc(Oc2ccc(NC3=NCC(N)C(=O)N3Cc3ccc(Cl)cc3)cc2)n1. The minimum Gasteiger partial charge on any atom is -0.439 e. The number of carbonyl (C=O) groups excluding carboxylic acids is 1. The van der Waals surface area contributed by atoms with Crippen molar-refractivity contribution in [3.8, 4) is 17.7 Å². The number of pyridine rings is 1. The van der Waals surface area contributed by atoms with Crippen molar-refractivity contribution in [1.29, 1.82) is 5.26 Å². The van der Waals surface area contributed by atoms with E-state index in [0.29, 0.717) is 29.2 Å². The maximum atomic E-state index is 12.7. The zero-order chi connectivity index (χ0) is 22.5. The second-order valence-electron chi connectivity index (χ2n) is 7.05. The van der Waals surface area contributed by atoms with E-state index in [2.05, 4.69) is 15.3 Å². The highest BCUT2D eigenvalue weighted by Crippen LogP contribution is 2.23. The Balaban J connectivity index is 1.48. The Bertz CT molecular complexity index is 1190. The molecule has 1 aliphatic rings. The molecular weight excluding hydrogens is 428 g/mol. The predicted molar refractivity (Wildman–Crippen MR) is 121 cm³/mol. The van der Waals surface area contributed by atoms with Crippen molar-refractivity contribution in [1.82, 2.24) is 9.88 Å². The molecule has 32 heavy (non-hydrogen) atoms. The number of aromatic nitrogens is 1. The monoisotopic (exact) mass is 446 g/mol. The van der Waals surface area contributed by atoms with Gasteiger partial charge in [-0.25, -0.2) is 4.98 Å². The molecule has 1 unspecified atom stereocenters. The van der Waals surface area contributed by atoms with Crippen LogP contribution in [0.15, 0.2) is 71.7 Å². The van der Waals surface area contributed by atoms with Gasteiger partial charge in [0.1, 0.15) is 23.6 Å². The molecule has 1 amide bonds. The molecule has 1 aromatic heterocycles. The normalized spacial score (nSPS) is 15.7. The van der Waals surface area contributed by atoms with E-state index in [0.717, 1.165) is 11.3 Å². The molecule has 2 aromatic carbocycles. The van der Waals surface area contributed by atoms with Crippen molar-refractivity contribution >= 4 is 29.2 Å². The number of rotatable bonds is 5. The molecular formula is C23H19ClN6O2. The first-order chi connectivity index (χ1) is 15.5. The summed E-state index contributed by atoms with van der Waals surface area (Å²) in [6, 6.07) is 20.6. The van der Waals surface area contributed by atoms with E-state index >= 15 is 0 Å². The highest BCUT2D eigenvalue weighted by molar-refractivity contribution is 6.30. The lowest BCUT2D eigenvalue weighted by molar-refractivity contribution is -0.129. The average molecular weight is 447 g/mol. The van der Waals surface area contributed by atoms with Crippen molar-refractivity contribution in [2.75, 3.05) is 11.9 Å². The lowest BCUT2D eigenvalue weighted by Gasteiger charge is -2.31. The number of nitriles is 1. The van der Waals surface area contributed by atoms with Gasteiger partial charge in [-0.05, 0) is 48.0 Å². The first kappa shape index (κ1) is 21.3. The molecule has 160 valence electrons. The molecule has 1 aliphatic heterocycles. The molecule has 0 aliphatic carbocycles. The van der Waals surface area contributed by atoms with Gasteiger partial charge in [0.25, 0.3) is 0 Å². The van der Waals surface area contributed by atoms with E-state index in [1.807, 2.05) is 18.2 Å². The van der Waals surface area contributed by atoms with Crippen molar-refractivity contribution in [2.24, 2.45) is 10.7 Å². The molecule has 4 rings (SSSR count). The summed E-state index contributed by atoms with van der Waals surface area (Å²) < 4.78 is 5.69. The molecule has 2 heterocycles. The van der Waals surface area contributed by atoms with Crippen LogP contribution in [0.5, 0.6) is 11.6 Å². The largest absolute Gasteiger partial charge is 0.439 e. The van der Waals surface area contributed by atoms with Crippen LogP contribution in [0.25, 0.3) is 0 Å². The summed E-state index contributed by atoms with van der Waals surface area (Å²) in [6.07, 6.45) is 0. The van der Waals surface area contributed by atoms with Crippen molar-refractivity contribution in [2.45, 2.75) is 12.6 Å². The Kier molecular flexibility index (Phi) is 6.31.